The highest BCUT2D eigenvalue weighted by atomic mass is 16.5. The van der Waals surface area contributed by atoms with Gasteiger partial charge in [0.05, 0.1) is 24.4 Å². The van der Waals surface area contributed by atoms with Gasteiger partial charge in [-0.2, -0.15) is 0 Å². The predicted octanol–water partition coefficient (Wildman–Crippen LogP) is 1.95. The van der Waals surface area contributed by atoms with Crippen molar-refractivity contribution in [1.29, 1.82) is 0 Å². The van der Waals surface area contributed by atoms with Crippen molar-refractivity contribution in [3.05, 3.63) is 0 Å². The Bertz CT molecular complexity index is 424. The van der Waals surface area contributed by atoms with Crippen molar-refractivity contribution in [2.75, 3.05) is 6.61 Å². The topological polar surface area (TPSA) is 59.6 Å². The van der Waals surface area contributed by atoms with Crippen molar-refractivity contribution in [2.45, 2.75) is 82.3 Å². The lowest BCUT2D eigenvalue weighted by atomic mass is 9.51. The summed E-state index contributed by atoms with van der Waals surface area (Å²) in [5, 5.41) is 6.32. The summed E-state index contributed by atoms with van der Waals surface area (Å²) in [4.78, 5) is 12.3. The van der Waals surface area contributed by atoms with Gasteiger partial charge >= 0.3 is 6.03 Å². The van der Waals surface area contributed by atoms with Gasteiger partial charge < -0.3 is 20.1 Å². The van der Waals surface area contributed by atoms with Crippen LogP contribution in [-0.4, -0.2) is 43.0 Å². The molecule has 2 aliphatic heterocycles. The zero-order valence-corrected chi connectivity index (χ0v) is 12.8. The van der Waals surface area contributed by atoms with Crippen LogP contribution in [0.1, 0.15) is 51.9 Å². The molecule has 5 heteroatoms. The standard InChI is InChI=1S/C16H26N2O3/c1-2-20-14-9-13(16(14)6-3-7-16)18-15(19)17-11-8-10-4-5-12(11)21-10/h10-14H,2-9H2,1H3,(H2,17,18,19)/t10-,11-,12-,13-,14-/m1/s1. The van der Waals surface area contributed by atoms with E-state index in [0.717, 1.165) is 32.3 Å². The summed E-state index contributed by atoms with van der Waals surface area (Å²) in [5.74, 6) is 0. The molecule has 4 aliphatic rings. The molecule has 2 saturated heterocycles. The molecular formula is C16H26N2O3. The number of urea groups is 1. The first-order chi connectivity index (χ1) is 10.2. The third-order valence-corrected chi connectivity index (χ3v) is 6.17. The fourth-order valence-corrected chi connectivity index (χ4v) is 4.80. The number of fused-ring (bicyclic) bond motifs is 2. The number of hydrogen-bond acceptors (Lipinski definition) is 3. The molecule has 21 heavy (non-hydrogen) atoms. The van der Waals surface area contributed by atoms with Gasteiger partial charge in [0, 0.05) is 18.1 Å². The summed E-state index contributed by atoms with van der Waals surface area (Å²) in [6, 6.07) is 0.494. The summed E-state index contributed by atoms with van der Waals surface area (Å²) in [6.45, 7) is 2.82. The number of carbonyl (C=O) groups excluding carboxylic acids is 1. The molecule has 0 aromatic carbocycles. The van der Waals surface area contributed by atoms with Crippen LogP contribution in [0.2, 0.25) is 0 Å². The molecule has 4 rings (SSSR count). The van der Waals surface area contributed by atoms with E-state index in [9.17, 15) is 4.79 Å². The normalized spacial score (nSPS) is 42.4. The van der Waals surface area contributed by atoms with E-state index in [1.54, 1.807) is 0 Å². The number of nitrogens with one attached hydrogen (secondary N) is 2. The molecule has 1 spiro atoms. The third-order valence-electron chi connectivity index (χ3n) is 6.17. The molecule has 118 valence electrons. The quantitative estimate of drug-likeness (QED) is 0.833. The van der Waals surface area contributed by atoms with Crippen LogP contribution in [0, 0.1) is 5.41 Å². The maximum atomic E-state index is 12.3. The first-order valence-electron chi connectivity index (χ1n) is 8.55. The van der Waals surface area contributed by atoms with Crippen LogP contribution in [0.25, 0.3) is 0 Å². The van der Waals surface area contributed by atoms with Gasteiger partial charge in [-0.05, 0) is 45.4 Å². The second kappa shape index (κ2) is 5.13. The Morgan fingerprint density at radius 3 is 2.71 bits per heavy atom. The van der Waals surface area contributed by atoms with E-state index in [2.05, 4.69) is 17.6 Å². The van der Waals surface area contributed by atoms with Crippen molar-refractivity contribution >= 4 is 6.03 Å². The molecule has 2 saturated carbocycles. The summed E-state index contributed by atoms with van der Waals surface area (Å²) in [5.41, 5.74) is 0.235. The van der Waals surface area contributed by atoms with E-state index in [1.807, 2.05) is 0 Å². The first-order valence-corrected chi connectivity index (χ1v) is 8.55. The SMILES string of the molecule is CCO[C@@H]1C[C@@H](NC(=O)N[C@@H]2C[C@H]3CC[C@H]2O3)C12CCC2. The van der Waals surface area contributed by atoms with Crippen LogP contribution in [0.4, 0.5) is 4.79 Å². The molecule has 2 heterocycles. The van der Waals surface area contributed by atoms with E-state index in [4.69, 9.17) is 9.47 Å². The van der Waals surface area contributed by atoms with Gasteiger partial charge in [0.15, 0.2) is 0 Å². The lowest BCUT2D eigenvalue weighted by Gasteiger charge is -2.60. The molecule has 0 radical (unpaired) electrons. The van der Waals surface area contributed by atoms with Gasteiger partial charge in [0.25, 0.3) is 0 Å². The fourth-order valence-electron chi connectivity index (χ4n) is 4.80. The Morgan fingerprint density at radius 2 is 2.14 bits per heavy atom. The van der Waals surface area contributed by atoms with Crippen molar-refractivity contribution in [2.24, 2.45) is 5.41 Å². The number of carbonyl (C=O) groups is 1. The monoisotopic (exact) mass is 294 g/mol. The third kappa shape index (κ3) is 2.16. The van der Waals surface area contributed by atoms with Gasteiger partial charge in [-0.25, -0.2) is 4.79 Å². The molecule has 2 amide bonds. The highest BCUT2D eigenvalue weighted by Gasteiger charge is 2.59. The smallest absolute Gasteiger partial charge is 0.315 e. The minimum absolute atomic E-state index is 0.0117. The van der Waals surface area contributed by atoms with Crippen LogP contribution in [-0.2, 0) is 9.47 Å². The second-order valence-corrected chi connectivity index (χ2v) is 7.15. The lowest BCUT2D eigenvalue weighted by molar-refractivity contribution is -0.169. The van der Waals surface area contributed by atoms with Gasteiger partial charge in [0.2, 0.25) is 0 Å². The summed E-state index contributed by atoms with van der Waals surface area (Å²) < 4.78 is 11.6. The average molecular weight is 294 g/mol. The van der Waals surface area contributed by atoms with E-state index < -0.39 is 0 Å². The van der Waals surface area contributed by atoms with Crippen molar-refractivity contribution in [1.82, 2.24) is 10.6 Å². The van der Waals surface area contributed by atoms with E-state index >= 15 is 0 Å². The highest BCUT2D eigenvalue weighted by molar-refractivity contribution is 5.75. The lowest BCUT2D eigenvalue weighted by Crippen LogP contribution is -2.68. The molecule has 2 bridgehead atoms. The molecule has 0 unspecified atom stereocenters. The van der Waals surface area contributed by atoms with Crippen molar-refractivity contribution in [3.63, 3.8) is 0 Å². The molecule has 2 N–H and O–H groups in total. The van der Waals surface area contributed by atoms with Gasteiger partial charge in [-0.1, -0.05) is 6.42 Å². The van der Waals surface area contributed by atoms with Gasteiger partial charge in [-0.3, -0.25) is 0 Å². The molecule has 5 nitrogen and oxygen atoms in total. The zero-order chi connectivity index (χ0) is 14.4. The number of rotatable bonds is 4. The Morgan fingerprint density at radius 1 is 1.29 bits per heavy atom. The Kier molecular flexibility index (Phi) is 3.38. The molecule has 4 fully saturated rings. The molecule has 0 aromatic heterocycles. The highest BCUT2D eigenvalue weighted by Crippen LogP contribution is 2.57. The second-order valence-electron chi connectivity index (χ2n) is 7.15. The maximum Gasteiger partial charge on any atom is 0.315 e. The summed E-state index contributed by atoms with van der Waals surface area (Å²) >= 11 is 0. The van der Waals surface area contributed by atoms with E-state index in [0.29, 0.717) is 18.2 Å². The van der Waals surface area contributed by atoms with Crippen molar-refractivity contribution < 1.29 is 14.3 Å². The van der Waals surface area contributed by atoms with Gasteiger partial charge in [-0.15, -0.1) is 0 Å². The molecule has 0 aromatic rings. The predicted molar refractivity (Wildman–Crippen MR) is 78.1 cm³/mol. The maximum absolute atomic E-state index is 12.3. The Hall–Kier alpha value is -0.810. The zero-order valence-electron chi connectivity index (χ0n) is 12.8. The first kappa shape index (κ1) is 13.8. The minimum Gasteiger partial charge on any atom is -0.378 e. The Labute approximate surface area is 126 Å². The number of amides is 2. The summed E-state index contributed by atoms with van der Waals surface area (Å²) in [6.07, 6.45) is 8.84. The molecule has 5 atom stereocenters. The Balaban J connectivity index is 1.29. The van der Waals surface area contributed by atoms with Crippen molar-refractivity contribution in [3.8, 4) is 0 Å². The molecule has 2 aliphatic carbocycles. The fraction of sp³-hybridized carbons (Fsp3) is 0.938. The minimum atomic E-state index is -0.0117. The average Bonchev–Trinajstić information content (AvgIpc) is 2.97. The van der Waals surface area contributed by atoms with E-state index in [1.165, 1.54) is 19.3 Å². The largest absolute Gasteiger partial charge is 0.378 e. The van der Waals surface area contributed by atoms with Crippen LogP contribution in [0.15, 0.2) is 0 Å². The van der Waals surface area contributed by atoms with Gasteiger partial charge in [0.1, 0.15) is 0 Å². The van der Waals surface area contributed by atoms with Crippen LogP contribution in [0.5, 0.6) is 0 Å². The number of ether oxygens (including phenoxy) is 2. The summed E-state index contributed by atoms with van der Waals surface area (Å²) in [7, 11) is 0. The number of hydrogen-bond donors (Lipinski definition) is 2. The van der Waals surface area contributed by atoms with Crippen LogP contribution < -0.4 is 10.6 Å². The van der Waals surface area contributed by atoms with E-state index in [-0.39, 0.29) is 23.6 Å². The van der Waals surface area contributed by atoms with Crippen LogP contribution in [0.3, 0.4) is 0 Å². The molecular weight excluding hydrogens is 268 g/mol. The van der Waals surface area contributed by atoms with Crippen LogP contribution >= 0.6 is 0 Å².